The minimum atomic E-state index is -0.466. The van der Waals surface area contributed by atoms with Crippen LogP contribution in [0.25, 0.3) is 0 Å². The van der Waals surface area contributed by atoms with Gasteiger partial charge in [0.1, 0.15) is 17.2 Å². The lowest BCUT2D eigenvalue weighted by Gasteiger charge is -2.08. The maximum Gasteiger partial charge on any atom is 0.338 e. The number of ketones is 1. The summed E-state index contributed by atoms with van der Waals surface area (Å²) in [7, 11) is 0. The van der Waals surface area contributed by atoms with E-state index in [0.29, 0.717) is 11.3 Å². The van der Waals surface area contributed by atoms with Crippen molar-refractivity contribution in [2.75, 3.05) is 6.61 Å². The molecule has 3 rings (SSSR count). The van der Waals surface area contributed by atoms with Crippen molar-refractivity contribution < 1.29 is 19.1 Å². The molecule has 5 nitrogen and oxygen atoms in total. The second-order valence-electron chi connectivity index (χ2n) is 5.81. The second-order valence-corrected chi connectivity index (χ2v) is 5.81. The Morgan fingerprint density at radius 2 is 1.70 bits per heavy atom. The van der Waals surface area contributed by atoms with Crippen LogP contribution in [-0.4, -0.2) is 23.3 Å². The van der Waals surface area contributed by atoms with Crippen LogP contribution in [0, 0.1) is 0 Å². The van der Waals surface area contributed by atoms with Gasteiger partial charge >= 0.3 is 5.97 Å². The van der Waals surface area contributed by atoms with E-state index < -0.39 is 5.97 Å². The highest BCUT2D eigenvalue weighted by atomic mass is 16.5. The third-order valence-electron chi connectivity index (χ3n) is 3.80. The number of aromatic nitrogens is 1. The smallest absolute Gasteiger partial charge is 0.338 e. The molecule has 1 aromatic heterocycles. The first-order valence-electron chi connectivity index (χ1n) is 8.64. The van der Waals surface area contributed by atoms with E-state index in [0.717, 1.165) is 11.3 Å². The molecule has 0 bridgehead atoms. The third-order valence-corrected chi connectivity index (χ3v) is 3.80. The molecular weight excluding hydrogens is 342 g/mol. The quantitative estimate of drug-likeness (QED) is 0.459. The summed E-state index contributed by atoms with van der Waals surface area (Å²) in [5.74, 6) is 0.731. The molecule has 3 aromatic rings. The van der Waals surface area contributed by atoms with Crippen molar-refractivity contribution in [2.45, 2.75) is 13.3 Å². The molecule has 136 valence electrons. The van der Waals surface area contributed by atoms with E-state index in [1.165, 1.54) is 18.3 Å². The Morgan fingerprint density at radius 1 is 0.926 bits per heavy atom. The summed E-state index contributed by atoms with van der Waals surface area (Å²) in [6.07, 6.45) is 1.60. The van der Waals surface area contributed by atoms with Crippen molar-refractivity contribution in [3.63, 3.8) is 0 Å². The van der Waals surface area contributed by atoms with Gasteiger partial charge in [0.05, 0.1) is 12.2 Å². The second kappa shape index (κ2) is 8.76. The van der Waals surface area contributed by atoms with Gasteiger partial charge < -0.3 is 9.47 Å². The summed E-state index contributed by atoms with van der Waals surface area (Å²) in [6, 6.07) is 19.8. The lowest BCUT2D eigenvalue weighted by molar-refractivity contribution is 0.0526. The van der Waals surface area contributed by atoms with Gasteiger partial charge in [-0.25, -0.2) is 4.79 Å². The first-order chi connectivity index (χ1) is 13.2. The molecule has 0 radical (unpaired) electrons. The van der Waals surface area contributed by atoms with Gasteiger partial charge in [-0.05, 0) is 48.9 Å². The van der Waals surface area contributed by atoms with Crippen molar-refractivity contribution in [1.82, 2.24) is 4.98 Å². The van der Waals surface area contributed by atoms with Crippen molar-refractivity contribution in [3.8, 4) is 11.5 Å². The Hall–Kier alpha value is -3.47. The van der Waals surface area contributed by atoms with Gasteiger partial charge in [0.25, 0.3) is 0 Å². The van der Waals surface area contributed by atoms with Crippen molar-refractivity contribution in [1.29, 1.82) is 0 Å². The lowest BCUT2D eigenvalue weighted by atomic mass is 10.1. The number of benzene rings is 2. The van der Waals surface area contributed by atoms with Crippen LogP contribution in [0.5, 0.6) is 11.5 Å². The Morgan fingerprint density at radius 3 is 2.48 bits per heavy atom. The van der Waals surface area contributed by atoms with Crippen LogP contribution in [-0.2, 0) is 11.2 Å². The monoisotopic (exact) mass is 361 g/mol. The first kappa shape index (κ1) is 18.3. The molecule has 2 aromatic carbocycles. The zero-order valence-electron chi connectivity index (χ0n) is 14.9. The van der Waals surface area contributed by atoms with Gasteiger partial charge in [0.15, 0.2) is 5.78 Å². The fraction of sp³-hybridized carbons (Fsp3) is 0.136. The summed E-state index contributed by atoms with van der Waals surface area (Å²) in [5, 5.41) is 0. The molecule has 0 aliphatic carbocycles. The molecule has 27 heavy (non-hydrogen) atoms. The van der Waals surface area contributed by atoms with Gasteiger partial charge in [-0.2, -0.15) is 0 Å². The van der Waals surface area contributed by atoms with Gasteiger partial charge in [-0.3, -0.25) is 9.78 Å². The van der Waals surface area contributed by atoms with Crippen LogP contribution in [0.2, 0.25) is 0 Å². The standard InChI is InChI=1S/C22H19NO4/c1-2-26-22(25)17-11-12-23-20(15-17)21(24)14-16-7-6-10-19(13-16)27-18-8-4-3-5-9-18/h3-13,15H,2,14H2,1H3. The molecule has 0 unspecified atom stereocenters. The van der Waals surface area contributed by atoms with Gasteiger partial charge in [0, 0.05) is 12.6 Å². The number of ether oxygens (including phenoxy) is 2. The molecule has 0 fully saturated rings. The Balaban J connectivity index is 1.72. The number of carbonyl (C=O) groups excluding carboxylic acids is 2. The highest BCUT2D eigenvalue weighted by Gasteiger charge is 2.13. The van der Waals surface area contributed by atoms with E-state index in [1.807, 2.05) is 54.6 Å². The Bertz CT molecular complexity index is 938. The number of rotatable bonds is 7. The van der Waals surface area contributed by atoms with Crippen LogP contribution in [0.15, 0.2) is 72.9 Å². The minimum absolute atomic E-state index is 0.158. The molecule has 0 atom stereocenters. The molecule has 0 saturated carbocycles. The van der Waals surface area contributed by atoms with Gasteiger partial charge in [-0.15, -0.1) is 0 Å². The number of nitrogens with zero attached hydrogens (tertiary/aromatic N) is 1. The largest absolute Gasteiger partial charge is 0.462 e. The predicted molar refractivity (Wildman–Crippen MR) is 101 cm³/mol. The normalized spacial score (nSPS) is 10.3. The summed E-state index contributed by atoms with van der Waals surface area (Å²) in [6.45, 7) is 2.01. The van der Waals surface area contributed by atoms with Crippen LogP contribution < -0.4 is 4.74 Å². The van der Waals surface area contributed by atoms with Crippen LogP contribution in [0.4, 0.5) is 0 Å². The van der Waals surface area contributed by atoms with E-state index in [1.54, 1.807) is 6.92 Å². The lowest BCUT2D eigenvalue weighted by Crippen LogP contribution is -2.10. The molecule has 0 spiro atoms. The molecule has 0 aliphatic heterocycles. The van der Waals surface area contributed by atoms with E-state index in [-0.39, 0.29) is 24.5 Å². The minimum Gasteiger partial charge on any atom is -0.462 e. The van der Waals surface area contributed by atoms with Crippen molar-refractivity contribution in [2.24, 2.45) is 0 Å². The summed E-state index contributed by atoms with van der Waals surface area (Å²) in [4.78, 5) is 28.5. The molecule has 0 amide bonds. The van der Waals surface area contributed by atoms with Gasteiger partial charge in [-0.1, -0.05) is 30.3 Å². The predicted octanol–water partition coefficient (Wildman–Crippen LogP) is 4.48. The van der Waals surface area contributed by atoms with Gasteiger partial charge in [0.2, 0.25) is 0 Å². The molecule has 1 heterocycles. The summed E-state index contributed by atoms with van der Waals surface area (Å²) in [5.41, 5.74) is 1.35. The van der Waals surface area contributed by atoms with Crippen molar-refractivity contribution >= 4 is 11.8 Å². The highest BCUT2D eigenvalue weighted by molar-refractivity contribution is 5.98. The highest BCUT2D eigenvalue weighted by Crippen LogP contribution is 2.22. The molecule has 0 N–H and O–H groups in total. The SMILES string of the molecule is CCOC(=O)c1ccnc(C(=O)Cc2cccc(Oc3ccccc3)c2)c1. The van der Waals surface area contributed by atoms with Crippen molar-refractivity contribution in [3.05, 3.63) is 89.7 Å². The Labute approximate surface area is 157 Å². The summed E-state index contributed by atoms with van der Waals surface area (Å²) >= 11 is 0. The summed E-state index contributed by atoms with van der Waals surface area (Å²) < 4.78 is 10.8. The number of hydrogen-bond acceptors (Lipinski definition) is 5. The number of para-hydroxylation sites is 1. The molecule has 0 aliphatic rings. The molecule has 5 heteroatoms. The number of carbonyl (C=O) groups is 2. The van der Waals surface area contributed by atoms with E-state index in [9.17, 15) is 9.59 Å². The zero-order chi connectivity index (χ0) is 19.1. The van der Waals surface area contributed by atoms with Crippen LogP contribution in [0.1, 0.15) is 33.3 Å². The average molecular weight is 361 g/mol. The number of pyridine rings is 1. The molecule has 0 saturated heterocycles. The number of hydrogen-bond donors (Lipinski definition) is 0. The molecular formula is C22H19NO4. The number of Topliss-reactive ketones (excluding diaryl/α,β-unsaturated/α-hetero) is 1. The van der Waals surface area contributed by atoms with Crippen LogP contribution in [0.3, 0.4) is 0 Å². The number of esters is 1. The van der Waals surface area contributed by atoms with Crippen LogP contribution >= 0.6 is 0 Å². The van der Waals surface area contributed by atoms with E-state index in [4.69, 9.17) is 9.47 Å². The fourth-order valence-corrected chi connectivity index (χ4v) is 2.54. The Kier molecular flexibility index (Phi) is 5.94. The average Bonchev–Trinajstić information content (AvgIpc) is 2.69. The third kappa shape index (κ3) is 5.01. The maximum atomic E-state index is 12.6. The topological polar surface area (TPSA) is 65.5 Å². The first-order valence-corrected chi connectivity index (χ1v) is 8.64. The fourth-order valence-electron chi connectivity index (χ4n) is 2.54. The maximum absolute atomic E-state index is 12.6. The zero-order valence-corrected chi connectivity index (χ0v) is 14.9. The van der Waals surface area contributed by atoms with E-state index in [2.05, 4.69) is 4.98 Å². The van der Waals surface area contributed by atoms with E-state index >= 15 is 0 Å².